The molecular formula is C18H18N2O4. The quantitative estimate of drug-likeness (QED) is 0.660. The lowest BCUT2D eigenvalue weighted by Gasteiger charge is -2.37. The van der Waals surface area contributed by atoms with Gasteiger partial charge < -0.3 is 9.73 Å². The highest BCUT2D eigenvalue weighted by Crippen LogP contribution is 2.65. The lowest BCUT2D eigenvalue weighted by molar-refractivity contribution is -0.143. The summed E-state index contributed by atoms with van der Waals surface area (Å²) in [4.78, 5) is 38.8. The average molecular weight is 326 g/mol. The zero-order chi connectivity index (χ0) is 16.4. The molecule has 6 nitrogen and oxygen atoms in total. The number of nitrogens with zero attached hydrogens (tertiary/aromatic N) is 1. The molecule has 0 spiro atoms. The van der Waals surface area contributed by atoms with Crippen LogP contribution in [0.15, 0.2) is 35.0 Å². The van der Waals surface area contributed by atoms with Crippen LogP contribution >= 0.6 is 0 Å². The Hall–Kier alpha value is -2.37. The van der Waals surface area contributed by atoms with Gasteiger partial charge in [-0.15, -0.1) is 0 Å². The maximum atomic E-state index is 12.7. The summed E-state index contributed by atoms with van der Waals surface area (Å²) in [6, 6.07) is 3.50. The predicted molar refractivity (Wildman–Crippen MR) is 82.0 cm³/mol. The van der Waals surface area contributed by atoms with Gasteiger partial charge in [0.15, 0.2) is 0 Å². The van der Waals surface area contributed by atoms with E-state index < -0.39 is 0 Å². The first-order valence-electron chi connectivity index (χ1n) is 8.48. The number of carbonyl (C=O) groups is 3. The molecule has 1 N–H and O–H groups in total. The van der Waals surface area contributed by atoms with E-state index in [4.69, 9.17) is 4.42 Å². The monoisotopic (exact) mass is 326 g/mol. The molecule has 0 unspecified atom stereocenters. The molecule has 2 bridgehead atoms. The third kappa shape index (κ3) is 1.85. The number of furan rings is 1. The summed E-state index contributed by atoms with van der Waals surface area (Å²) in [5, 5.41) is 2.70. The molecule has 1 aromatic heterocycles. The largest absolute Gasteiger partial charge is 0.467 e. The van der Waals surface area contributed by atoms with Gasteiger partial charge in [0.05, 0.1) is 24.6 Å². The van der Waals surface area contributed by atoms with Crippen LogP contribution in [0.25, 0.3) is 0 Å². The number of rotatable bonds is 4. The van der Waals surface area contributed by atoms with E-state index in [1.165, 1.54) is 11.2 Å². The molecule has 3 fully saturated rings. The summed E-state index contributed by atoms with van der Waals surface area (Å²) in [6.07, 6.45) is 6.94. The molecule has 6 rings (SSSR count). The molecule has 1 saturated heterocycles. The number of hydrogen-bond donors (Lipinski definition) is 1. The molecule has 3 amide bonds. The summed E-state index contributed by atoms with van der Waals surface area (Å²) < 4.78 is 5.16. The minimum Gasteiger partial charge on any atom is -0.467 e. The van der Waals surface area contributed by atoms with Crippen molar-refractivity contribution in [2.75, 3.05) is 6.54 Å². The van der Waals surface area contributed by atoms with E-state index in [9.17, 15) is 14.4 Å². The lowest BCUT2D eigenvalue weighted by atomic mass is 9.63. The zero-order valence-electron chi connectivity index (χ0n) is 13.1. The summed E-state index contributed by atoms with van der Waals surface area (Å²) in [7, 11) is 0. The van der Waals surface area contributed by atoms with Gasteiger partial charge in [-0.3, -0.25) is 19.3 Å². The Balaban J connectivity index is 1.29. The van der Waals surface area contributed by atoms with Crippen molar-refractivity contribution in [3.63, 3.8) is 0 Å². The van der Waals surface area contributed by atoms with Crippen molar-refractivity contribution in [3.8, 4) is 0 Å². The maximum Gasteiger partial charge on any atom is 0.240 e. The van der Waals surface area contributed by atoms with Crippen molar-refractivity contribution in [2.24, 2.45) is 35.5 Å². The van der Waals surface area contributed by atoms with E-state index in [-0.39, 0.29) is 54.5 Å². The van der Waals surface area contributed by atoms with E-state index in [2.05, 4.69) is 17.5 Å². The van der Waals surface area contributed by atoms with E-state index >= 15 is 0 Å². The van der Waals surface area contributed by atoms with Crippen LogP contribution < -0.4 is 5.32 Å². The van der Waals surface area contributed by atoms with Crippen LogP contribution in [0.4, 0.5) is 0 Å². The number of nitrogens with one attached hydrogen (secondary N) is 1. The van der Waals surface area contributed by atoms with Gasteiger partial charge >= 0.3 is 0 Å². The molecule has 2 saturated carbocycles. The molecule has 124 valence electrons. The maximum absolute atomic E-state index is 12.7. The summed E-state index contributed by atoms with van der Waals surface area (Å²) in [5.41, 5.74) is 0. The molecule has 6 atom stereocenters. The SMILES string of the molecule is O=C(CN1C(=O)[C@H]2[C@@H]3C=C[C@@H]([C@H]4C[C@H]34)[C@@H]2C1=O)NCc1ccco1. The van der Waals surface area contributed by atoms with Crippen LogP contribution in [-0.4, -0.2) is 29.2 Å². The Morgan fingerprint density at radius 2 is 1.83 bits per heavy atom. The summed E-state index contributed by atoms with van der Waals surface area (Å²) in [6.45, 7) is 0.0615. The molecule has 2 heterocycles. The molecule has 1 aromatic rings. The fraction of sp³-hybridized carbons (Fsp3) is 0.500. The van der Waals surface area contributed by atoms with Gasteiger partial charge in [0.25, 0.3) is 0 Å². The van der Waals surface area contributed by atoms with Crippen LogP contribution in [0.2, 0.25) is 0 Å². The summed E-state index contributed by atoms with van der Waals surface area (Å²) in [5.74, 6) is 1.02. The number of allylic oxidation sites excluding steroid dienone is 2. The highest BCUT2D eigenvalue weighted by molar-refractivity contribution is 6.08. The normalized spacial score (nSPS) is 38.2. The van der Waals surface area contributed by atoms with Crippen LogP contribution in [0.5, 0.6) is 0 Å². The Kier molecular flexibility index (Phi) is 2.81. The molecule has 6 heteroatoms. The van der Waals surface area contributed by atoms with Gasteiger partial charge in [-0.05, 0) is 42.2 Å². The Morgan fingerprint density at radius 1 is 1.17 bits per heavy atom. The van der Waals surface area contributed by atoms with Crippen molar-refractivity contribution >= 4 is 17.7 Å². The predicted octanol–water partition coefficient (Wildman–Crippen LogP) is 0.949. The van der Waals surface area contributed by atoms with E-state index in [1.807, 2.05) is 0 Å². The van der Waals surface area contributed by atoms with E-state index in [0.29, 0.717) is 17.6 Å². The van der Waals surface area contributed by atoms with Crippen LogP contribution in [0.1, 0.15) is 12.2 Å². The average Bonchev–Trinajstić information content (AvgIpc) is 3.19. The Bertz CT molecular complexity index is 717. The highest BCUT2D eigenvalue weighted by atomic mass is 16.3. The minimum absolute atomic E-state index is 0.164. The van der Waals surface area contributed by atoms with Crippen LogP contribution in [0, 0.1) is 35.5 Å². The first kappa shape index (κ1) is 14.0. The number of likely N-dealkylation sites (tertiary alicyclic amines) is 1. The topological polar surface area (TPSA) is 79.6 Å². The first-order valence-corrected chi connectivity index (χ1v) is 8.48. The third-order valence-electron chi connectivity index (χ3n) is 6.10. The number of carbonyl (C=O) groups excluding carboxylic acids is 3. The van der Waals surface area contributed by atoms with Crippen LogP contribution in [0.3, 0.4) is 0 Å². The van der Waals surface area contributed by atoms with Crippen molar-refractivity contribution in [3.05, 3.63) is 36.3 Å². The van der Waals surface area contributed by atoms with Crippen molar-refractivity contribution < 1.29 is 18.8 Å². The zero-order valence-corrected chi connectivity index (χ0v) is 13.1. The fourth-order valence-corrected chi connectivity index (χ4v) is 4.97. The molecule has 0 radical (unpaired) electrons. The first-order chi connectivity index (χ1) is 11.6. The molecular weight excluding hydrogens is 308 g/mol. The van der Waals surface area contributed by atoms with Gasteiger partial charge in [-0.1, -0.05) is 12.2 Å². The van der Waals surface area contributed by atoms with Gasteiger partial charge in [-0.2, -0.15) is 0 Å². The van der Waals surface area contributed by atoms with E-state index in [1.54, 1.807) is 12.1 Å². The van der Waals surface area contributed by atoms with Crippen molar-refractivity contribution in [1.82, 2.24) is 10.2 Å². The van der Waals surface area contributed by atoms with Gasteiger partial charge in [-0.25, -0.2) is 0 Å². The van der Waals surface area contributed by atoms with Gasteiger partial charge in [0, 0.05) is 0 Å². The second kappa shape index (κ2) is 4.82. The number of imide groups is 1. The van der Waals surface area contributed by atoms with Crippen molar-refractivity contribution in [2.45, 2.75) is 13.0 Å². The Labute approximate surface area is 138 Å². The molecule has 24 heavy (non-hydrogen) atoms. The standard InChI is InChI=1S/C18H18N2O4/c21-14(19-7-9-2-1-5-24-9)8-20-17(22)15-10-3-4-11(13-6-12(10)13)16(15)18(20)23/h1-5,10-13,15-16H,6-8H2,(H,19,21)/t10-,11+,12-,13-,15+,16+/m1/s1. The van der Waals surface area contributed by atoms with Crippen molar-refractivity contribution in [1.29, 1.82) is 0 Å². The molecule has 5 aliphatic rings. The number of hydrogen-bond acceptors (Lipinski definition) is 4. The van der Waals surface area contributed by atoms with Crippen LogP contribution in [-0.2, 0) is 20.9 Å². The van der Waals surface area contributed by atoms with Gasteiger partial charge in [0.2, 0.25) is 17.7 Å². The lowest BCUT2D eigenvalue weighted by Crippen LogP contribution is -2.41. The van der Waals surface area contributed by atoms with Gasteiger partial charge in [0.1, 0.15) is 12.3 Å². The Morgan fingerprint density at radius 3 is 2.42 bits per heavy atom. The fourth-order valence-electron chi connectivity index (χ4n) is 4.97. The number of amides is 3. The molecule has 1 aliphatic heterocycles. The second-order valence-corrected chi connectivity index (χ2v) is 7.27. The third-order valence-corrected chi connectivity index (χ3v) is 6.10. The highest BCUT2D eigenvalue weighted by Gasteiger charge is 2.67. The summed E-state index contributed by atoms with van der Waals surface area (Å²) >= 11 is 0. The minimum atomic E-state index is -0.336. The smallest absolute Gasteiger partial charge is 0.240 e. The van der Waals surface area contributed by atoms with E-state index in [0.717, 1.165) is 6.42 Å². The second-order valence-electron chi connectivity index (χ2n) is 7.27. The molecule has 4 aliphatic carbocycles. The molecule has 0 aromatic carbocycles.